The number of nitrogens with two attached hydrogens (primary N) is 1. The molecule has 3 heteroatoms. The lowest BCUT2D eigenvalue weighted by molar-refractivity contribution is 0.135. The summed E-state index contributed by atoms with van der Waals surface area (Å²) in [6.07, 6.45) is 6.93. The van der Waals surface area contributed by atoms with Gasteiger partial charge in [0.2, 0.25) is 0 Å². The van der Waals surface area contributed by atoms with Gasteiger partial charge in [-0.15, -0.1) is 0 Å². The predicted octanol–water partition coefficient (Wildman–Crippen LogP) is 2.62. The van der Waals surface area contributed by atoms with Crippen molar-refractivity contribution in [2.75, 3.05) is 5.73 Å². The second-order valence-corrected chi connectivity index (χ2v) is 4.42. The quantitative estimate of drug-likeness (QED) is 0.809. The number of nitrogen functional groups attached to an aromatic ring is 1. The van der Waals surface area contributed by atoms with Crippen molar-refractivity contribution in [1.82, 2.24) is 4.98 Å². The van der Waals surface area contributed by atoms with Gasteiger partial charge in [0, 0.05) is 0 Å². The summed E-state index contributed by atoms with van der Waals surface area (Å²) in [5.41, 5.74) is 5.51. The van der Waals surface area contributed by atoms with Gasteiger partial charge in [-0.2, -0.15) is 0 Å². The summed E-state index contributed by atoms with van der Waals surface area (Å²) in [5.74, 6) is 2.23. The van der Waals surface area contributed by atoms with Crippen LogP contribution >= 0.6 is 0 Å². The lowest BCUT2D eigenvalue weighted by Gasteiger charge is -2.26. The van der Waals surface area contributed by atoms with E-state index in [0.717, 1.165) is 24.5 Å². The average Bonchev–Trinajstić information content (AvgIpc) is 2.25. The molecule has 0 saturated heterocycles. The van der Waals surface area contributed by atoms with Crippen LogP contribution in [0.2, 0.25) is 0 Å². The molecule has 0 aliphatic heterocycles. The Hall–Kier alpha value is -1.25. The number of rotatable bonds is 2. The number of ether oxygens (including phenoxy) is 1. The molecule has 0 amide bonds. The molecule has 1 aromatic rings. The van der Waals surface area contributed by atoms with Gasteiger partial charge in [0.05, 0.1) is 12.3 Å². The van der Waals surface area contributed by atoms with Crippen molar-refractivity contribution in [3.8, 4) is 5.75 Å². The fourth-order valence-corrected chi connectivity index (χ4v) is 2.00. The number of aromatic nitrogens is 1. The fraction of sp³-hybridized carbons (Fsp3) is 0.583. The minimum absolute atomic E-state index is 0.367. The van der Waals surface area contributed by atoms with Crippen LogP contribution in [0.3, 0.4) is 0 Å². The molecule has 1 aliphatic rings. The highest BCUT2D eigenvalue weighted by Crippen LogP contribution is 2.26. The van der Waals surface area contributed by atoms with Crippen molar-refractivity contribution in [2.24, 2.45) is 5.92 Å². The van der Waals surface area contributed by atoms with E-state index in [1.165, 1.54) is 12.8 Å². The van der Waals surface area contributed by atoms with Gasteiger partial charge < -0.3 is 10.5 Å². The smallest absolute Gasteiger partial charge is 0.138 e. The molecule has 3 nitrogen and oxygen atoms in total. The van der Waals surface area contributed by atoms with Gasteiger partial charge in [-0.25, -0.2) is 4.98 Å². The Kier molecular flexibility index (Phi) is 3.09. The average molecular weight is 206 g/mol. The highest BCUT2D eigenvalue weighted by atomic mass is 16.5. The lowest BCUT2D eigenvalue weighted by Crippen LogP contribution is -2.23. The molecule has 82 valence electrons. The first-order chi connectivity index (χ1) is 7.24. The van der Waals surface area contributed by atoms with E-state index >= 15 is 0 Å². The topological polar surface area (TPSA) is 48.1 Å². The molecule has 1 saturated carbocycles. The van der Waals surface area contributed by atoms with Crippen molar-refractivity contribution in [2.45, 2.75) is 38.7 Å². The van der Waals surface area contributed by atoms with Crippen LogP contribution in [0.5, 0.6) is 5.75 Å². The standard InChI is InChI=1S/C12H18N2O/c1-9-2-4-10(5-3-9)15-11-6-7-12(13)14-8-11/h6-10H,2-5H2,1H3,(H2,13,14). The highest BCUT2D eigenvalue weighted by Gasteiger charge is 2.19. The zero-order valence-corrected chi connectivity index (χ0v) is 9.15. The van der Waals surface area contributed by atoms with Gasteiger partial charge >= 0.3 is 0 Å². The molecule has 0 unspecified atom stereocenters. The first-order valence-electron chi connectivity index (χ1n) is 5.62. The number of anilines is 1. The van der Waals surface area contributed by atoms with E-state index in [1.807, 2.05) is 6.07 Å². The Labute approximate surface area is 90.7 Å². The third-order valence-corrected chi connectivity index (χ3v) is 3.02. The molecule has 2 N–H and O–H groups in total. The maximum Gasteiger partial charge on any atom is 0.138 e. The third kappa shape index (κ3) is 2.85. The van der Waals surface area contributed by atoms with E-state index in [9.17, 15) is 0 Å². The zero-order valence-electron chi connectivity index (χ0n) is 9.15. The minimum Gasteiger partial charge on any atom is -0.489 e. The van der Waals surface area contributed by atoms with Crippen molar-refractivity contribution in [1.29, 1.82) is 0 Å². The van der Waals surface area contributed by atoms with Crippen LogP contribution in [0.4, 0.5) is 5.82 Å². The molecular weight excluding hydrogens is 188 g/mol. The summed E-state index contributed by atoms with van der Waals surface area (Å²) in [7, 11) is 0. The second kappa shape index (κ2) is 4.51. The van der Waals surface area contributed by atoms with E-state index in [4.69, 9.17) is 10.5 Å². The fourth-order valence-electron chi connectivity index (χ4n) is 2.00. The number of hydrogen-bond acceptors (Lipinski definition) is 3. The van der Waals surface area contributed by atoms with E-state index in [2.05, 4.69) is 11.9 Å². The summed E-state index contributed by atoms with van der Waals surface area (Å²) in [5, 5.41) is 0. The normalized spacial score (nSPS) is 26.2. The van der Waals surface area contributed by atoms with Crippen LogP contribution in [0, 0.1) is 5.92 Å². The summed E-state index contributed by atoms with van der Waals surface area (Å²) in [4.78, 5) is 4.01. The molecule has 1 aliphatic carbocycles. The molecule has 2 rings (SSSR count). The Morgan fingerprint density at radius 2 is 2.00 bits per heavy atom. The Balaban J connectivity index is 1.89. The van der Waals surface area contributed by atoms with Crippen molar-refractivity contribution in [3.63, 3.8) is 0 Å². The summed E-state index contributed by atoms with van der Waals surface area (Å²) < 4.78 is 5.84. The molecular formula is C12H18N2O. The Morgan fingerprint density at radius 3 is 2.60 bits per heavy atom. The van der Waals surface area contributed by atoms with Gasteiger partial charge in [0.15, 0.2) is 0 Å². The van der Waals surface area contributed by atoms with Gasteiger partial charge in [-0.1, -0.05) is 6.92 Å². The van der Waals surface area contributed by atoms with Gasteiger partial charge in [-0.05, 0) is 43.7 Å². The molecule has 0 aromatic carbocycles. The maximum absolute atomic E-state index is 5.84. The van der Waals surface area contributed by atoms with Gasteiger partial charge in [-0.3, -0.25) is 0 Å². The minimum atomic E-state index is 0.367. The number of hydrogen-bond donors (Lipinski definition) is 1. The van der Waals surface area contributed by atoms with Crippen LogP contribution in [0.25, 0.3) is 0 Å². The van der Waals surface area contributed by atoms with Crippen LogP contribution in [-0.4, -0.2) is 11.1 Å². The third-order valence-electron chi connectivity index (χ3n) is 3.02. The Morgan fingerprint density at radius 1 is 1.27 bits per heavy atom. The predicted molar refractivity (Wildman–Crippen MR) is 60.7 cm³/mol. The molecule has 1 heterocycles. The first kappa shape index (κ1) is 10.3. The number of nitrogens with zero attached hydrogens (tertiary/aromatic N) is 1. The summed E-state index contributed by atoms with van der Waals surface area (Å²) in [6, 6.07) is 3.67. The molecule has 0 radical (unpaired) electrons. The van der Waals surface area contributed by atoms with E-state index < -0.39 is 0 Å². The van der Waals surface area contributed by atoms with Gasteiger partial charge in [0.1, 0.15) is 11.6 Å². The maximum atomic E-state index is 5.84. The molecule has 0 bridgehead atoms. The summed E-state index contributed by atoms with van der Waals surface area (Å²) in [6.45, 7) is 2.31. The van der Waals surface area contributed by atoms with E-state index in [0.29, 0.717) is 11.9 Å². The van der Waals surface area contributed by atoms with Crippen LogP contribution < -0.4 is 10.5 Å². The summed E-state index contributed by atoms with van der Waals surface area (Å²) >= 11 is 0. The first-order valence-corrected chi connectivity index (χ1v) is 5.62. The van der Waals surface area contributed by atoms with Crippen molar-refractivity contribution in [3.05, 3.63) is 18.3 Å². The zero-order chi connectivity index (χ0) is 10.7. The molecule has 1 aromatic heterocycles. The van der Waals surface area contributed by atoms with Crippen molar-refractivity contribution >= 4 is 5.82 Å². The van der Waals surface area contributed by atoms with Crippen molar-refractivity contribution < 1.29 is 4.74 Å². The number of pyridine rings is 1. The van der Waals surface area contributed by atoms with Crippen LogP contribution in [0.1, 0.15) is 32.6 Å². The monoisotopic (exact) mass is 206 g/mol. The largest absolute Gasteiger partial charge is 0.489 e. The lowest BCUT2D eigenvalue weighted by atomic mass is 9.89. The SMILES string of the molecule is CC1CCC(Oc2ccc(N)nc2)CC1. The van der Waals surface area contributed by atoms with Crippen LogP contribution in [-0.2, 0) is 0 Å². The van der Waals surface area contributed by atoms with E-state index in [1.54, 1.807) is 12.3 Å². The van der Waals surface area contributed by atoms with E-state index in [-0.39, 0.29) is 0 Å². The van der Waals surface area contributed by atoms with Gasteiger partial charge in [0.25, 0.3) is 0 Å². The molecule has 0 spiro atoms. The molecule has 1 fully saturated rings. The molecule has 15 heavy (non-hydrogen) atoms. The highest BCUT2D eigenvalue weighted by molar-refractivity contribution is 5.32. The Bertz CT molecular complexity index is 302. The second-order valence-electron chi connectivity index (χ2n) is 4.42. The van der Waals surface area contributed by atoms with Crippen LogP contribution in [0.15, 0.2) is 18.3 Å². The molecule has 0 atom stereocenters.